The van der Waals surface area contributed by atoms with E-state index in [0.717, 1.165) is 36.0 Å². The molecule has 3 aromatic heterocycles. The Kier molecular flexibility index (Phi) is 8.33. The van der Waals surface area contributed by atoms with Crippen LogP contribution in [-0.4, -0.2) is 64.1 Å². The second-order valence-electron chi connectivity index (χ2n) is 11.0. The van der Waals surface area contributed by atoms with Crippen molar-refractivity contribution in [1.82, 2.24) is 34.4 Å². The highest BCUT2D eigenvalue weighted by Gasteiger charge is 2.26. The van der Waals surface area contributed by atoms with Gasteiger partial charge in [-0.05, 0) is 48.0 Å². The van der Waals surface area contributed by atoms with Gasteiger partial charge in [0.25, 0.3) is 0 Å². The smallest absolute Gasteiger partial charge is 0.229 e. The standard InChI is InChI=1S/C30H33BrN10O3S/c1-17(2)41-11-8-25-19(14-35-40(25)3)18-12-24(27(44-4)13-26(18)41)38-30-34-16-21(31)29(39-30)37-22-6-7-23-28(33-10-9-32-23)20(22)15-36-45(5,42)43/h6-7,9-10,12-14,16-17,36H,8,11,15H2,1-5H3,(H2,34,37,38,39). The molecule has 0 spiro atoms. The first-order valence-electron chi connectivity index (χ1n) is 14.3. The third-order valence-corrected chi connectivity index (χ3v) is 8.94. The summed E-state index contributed by atoms with van der Waals surface area (Å²) in [6.07, 6.45) is 8.70. The molecule has 0 unspecified atom stereocenters. The summed E-state index contributed by atoms with van der Waals surface area (Å²) in [6.45, 7) is 5.25. The van der Waals surface area contributed by atoms with Crippen molar-refractivity contribution in [2.45, 2.75) is 32.9 Å². The van der Waals surface area contributed by atoms with Crippen LogP contribution in [0.2, 0.25) is 0 Å². The molecule has 45 heavy (non-hydrogen) atoms. The van der Waals surface area contributed by atoms with Gasteiger partial charge in [-0.15, -0.1) is 0 Å². The summed E-state index contributed by atoms with van der Waals surface area (Å²) in [5.41, 5.74) is 7.52. The van der Waals surface area contributed by atoms with Crippen LogP contribution in [0, 0.1) is 0 Å². The second kappa shape index (κ2) is 12.2. The molecule has 0 saturated heterocycles. The number of fused-ring (bicyclic) bond motifs is 4. The molecule has 6 rings (SSSR count). The maximum atomic E-state index is 11.9. The van der Waals surface area contributed by atoms with Gasteiger partial charge in [0.2, 0.25) is 16.0 Å². The largest absolute Gasteiger partial charge is 0.494 e. The number of ether oxygens (including phenoxy) is 1. The lowest BCUT2D eigenvalue weighted by Crippen LogP contribution is -2.32. The molecule has 234 valence electrons. The SMILES string of the molecule is COc1cc2c(cc1Nc1ncc(Br)c(Nc3ccc4nccnc4c3CNS(C)(=O)=O)n1)-c1cnn(C)c1CCN2C(C)C. The lowest BCUT2D eigenvalue weighted by molar-refractivity contribution is 0.416. The van der Waals surface area contributed by atoms with Gasteiger partial charge >= 0.3 is 0 Å². The topological polar surface area (TPSA) is 152 Å². The fourth-order valence-corrected chi connectivity index (χ4v) is 6.21. The molecule has 0 fully saturated rings. The van der Waals surface area contributed by atoms with E-state index in [0.29, 0.717) is 50.0 Å². The Morgan fingerprint density at radius 2 is 1.84 bits per heavy atom. The number of anilines is 5. The van der Waals surface area contributed by atoms with Gasteiger partial charge in [-0.25, -0.2) is 18.1 Å². The summed E-state index contributed by atoms with van der Waals surface area (Å²) in [6, 6.07) is 8.03. The third-order valence-electron chi connectivity index (χ3n) is 7.69. The Balaban J connectivity index is 1.38. The average molecular weight is 694 g/mol. The van der Waals surface area contributed by atoms with Gasteiger partial charge in [0.1, 0.15) is 11.6 Å². The molecule has 0 radical (unpaired) electrons. The molecule has 0 bridgehead atoms. The Morgan fingerprint density at radius 1 is 1.04 bits per heavy atom. The highest BCUT2D eigenvalue weighted by atomic mass is 79.9. The zero-order chi connectivity index (χ0) is 31.9. The highest BCUT2D eigenvalue weighted by molar-refractivity contribution is 9.10. The molecule has 0 saturated carbocycles. The number of hydrogen-bond acceptors (Lipinski definition) is 11. The van der Waals surface area contributed by atoms with Crippen LogP contribution in [0.1, 0.15) is 25.1 Å². The number of methoxy groups -OCH3 is 1. The van der Waals surface area contributed by atoms with Crippen molar-refractivity contribution >= 4 is 65.8 Å². The average Bonchev–Trinajstić information content (AvgIpc) is 3.28. The molecule has 1 aliphatic heterocycles. The zero-order valence-electron chi connectivity index (χ0n) is 25.5. The van der Waals surface area contributed by atoms with E-state index < -0.39 is 10.0 Å². The minimum Gasteiger partial charge on any atom is -0.494 e. The molecular formula is C30H33BrN10O3S. The lowest BCUT2D eigenvalue weighted by Gasteiger charge is -2.30. The maximum Gasteiger partial charge on any atom is 0.229 e. The molecule has 0 amide bonds. The normalized spacial score (nSPS) is 13.0. The van der Waals surface area contributed by atoms with Crippen molar-refractivity contribution in [3.63, 3.8) is 0 Å². The zero-order valence-corrected chi connectivity index (χ0v) is 27.9. The van der Waals surface area contributed by atoms with Crippen molar-refractivity contribution < 1.29 is 13.2 Å². The number of aromatic nitrogens is 6. The van der Waals surface area contributed by atoms with Gasteiger partial charge in [0.15, 0.2) is 0 Å². The van der Waals surface area contributed by atoms with Crippen LogP contribution >= 0.6 is 15.9 Å². The fraction of sp³-hybridized carbons (Fsp3) is 0.300. The van der Waals surface area contributed by atoms with Gasteiger partial charge < -0.3 is 20.3 Å². The van der Waals surface area contributed by atoms with E-state index in [1.807, 2.05) is 30.1 Å². The lowest BCUT2D eigenvalue weighted by atomic mass is 10.0. The summed E-state index contributed by atoms with van der Waals surface area (Å²) in [4.78, 5) is 20.5. The van der Waals surface area contributed by atoms with E-state index in [-0.39, 0.29) is 12.6 Å². The number of nitrogens with zero attached hydrogens (tertiary/aromatic N) is 7. The van der Waals surface area contributed by atoms with E-state index in [1.54, 1.807) is 25.7 Å². The first-order chi connectivity index (χ1) is 21.5. The Hall–Kier alpha value is -4.34. The molecule has 5 aromatic rings. The number of rotatable bonds is 9. The molecule has 0 atom stereocenters. The second-order valence-corrected chi connectivity index (χ2v) is 13.7. The van der Waals surface area contributed by atoms with E-state index in [4.69, 9.17) is 9.72 Å². The predicted molar refractivity (Wildman–Crippen MR) is 179 cm³/mol. The van der Waals surface area contributed by atoms with E-state index in [1.165, 1.54) is 5.69 Å². The molecule has 13 nitrogen and oxygen atoms in total. The van der Waals surface area contributed by atoms with Crippen LogP contribution in [0.5, 0.6) is 5.75 Å². The van der Waals surface area contributed by atoms with Crippen LogP contribution in [0.25, 0.3) is 22.2 Å². The molecule has 3 N–H and O–H groups in total. The molecule has 15 heteroatoms. The van der Waals surface area contributed by atoms with Crippen molar-refractivity contribution in [1.29, 1.82) is 0 Å². The summed E-state index contributed by atoms with van der Waals surface area (Å²) < 4.78 is 34.8. The van der Waals surface area contributed by atoms with Gasteiger partial charge in [0, 0.05) is 91.0 Å². The Morgan fingerprint density at radius 3 is 2.60 bits per heavy atom. The first kappa shape index (κ1) is 30.7. The Bertz CT molecular complexity index is 2020. The van der Waals surface area contributed by atoms with Gasteiger partial charge in [-0.1, -0.05) is 0 Å². The van der Waals surface area contributed by atoms with Gasteiger partial charge in [-0.2, -0.15) is 10.1 Å². The van der Waals surface area contributed by atoms with Crippen LogP contribution in [-0.2, 0) is 30.0 Å². The van der Waals surface area contributed by atoms with Gasteiger partial charge in [-0.3, -0.25) is 14.6 Å². The minimum atomic E-state index is -3.46. The number of aryl methyl sites for hydroxylation is 1. The number of nitrogens with one attached hydrogen (secondary N) is 3. The highest BCUT2D eigenvalue weighted by Crippen LogP contribution is 2.43. The quantitative estimate of drug-likeness (QED) is 0.193. The molecule has 2 aromatic carbocycles. The minimum absolute atomic E-state index is 0.0149. The van der Waals surface area contributed by atoms with Crippen LogP contribution < -0.4 is 25.0 Å². The van der Waals surface area contributed by atoms with Crippen molar-refractivity contribution in [3.05, 3.63) is 64.8 Å². The number of benzene rings is 2. The van der Waals surface area contributed by atoms with E-state index >= 15 is 0 Å². The third kappa shape index (κ3) is 6.28. The molecule has 4 heterocycles. The van der Waals surface area contributed by atoms with Crippen LogP contribution in [0.15, 0.2) is 53.5 Å². The summed E-state index contributed by atoms with van der Waals surface area (Å²) >= 11 is 3.55. The molecule has 0 aliphatic carbocycles. The molecular weight excluding hydrogens is 660 g/mol. The predicted octanol–water partition coefficient (Wildman–Crippen LogP) is 4.90. The maximum absolute atomic E-state index is 11.9. The van der Waals surface area contributed by atoms with E-state index in [2.05, 4.69) is 82.2 Å². The van der Waals surface area contributed by atoms with Gasteiger partial charge in [0.05, 0.1) is 40.8 Å². The van der Waals surface area contributed by atoms with Crippen molar-refractivity contribution in [2.75, 3.05) is 35.4 Å². The Labute approximate surface area is 269 Å². The fourth-order valence-electron chi connectivity index (χ4n) is 5.51. The summed E-state index contributed by atoms with van der Waals surface area (Å²) in [5, 5.41) is 11.2. The van der Waals surface area contributed by atoms with Crippen LogP contribution in [0.3, 0.4) is 0 Å². The van der Waals surface area contributed by atoms with Crippen molar-refractivity contribution in [3.8, 4) is 16.9 Å². The van der Waals surface area contributed by atoms with Crippen molar-refractivity contribution in [2.24, 2.45) is 7.05 Å². The van der Waals surface area contributed by atoms with E-state index in [9.17, 15) is 8.42 Å². The first-order valence-corrected chi connectivity index (χ1v) is 16.9. The summed E-state index contributed by atoms with van der Waals surface area (Å²) in [7, 11) is 0.153. The summed E-state index contributed by atoms with van der Waals surface area (Å²) in [5.74, 6) is 1.44. The number of sulfonamides is 1. The number of halogens is 1. The monoisotopic (exact) mass is 692 g/mol. The number of hydrogen-bond donors (Lipinski definition) is 3. The molecule has 1 aliphatic rings. The van der Waals surface area contributed by atoms with Crippen LogP contribution in [0.4, 0.5) is 28.8 Å².